The van der Waals surface area contributed by atoms with Gasteiger partial charge in [-0.1, -0.05) is 34.1 Å². The van der Waals surface area contributed by atoms with Crippen LogP contribution in [0.3, 0.4) is 0 Å². The third kappa shape index (κ3) is 2.85. The van der Waals surface area contributed by atoms with E-state index in [0.29, 0.717) is 10.0 Å². The normalized spacial score (nSPS) is 12.5. The van der Waals surface area contributed by atoms with Gasteiger partial charge in [-0.25, -0.2) is 8.78 Å². The summed E-state index contributed by atoms with van der Waals surface area (Å²) in [7, 11) is 0. The number of rotatable bonds is 2. The van der Waals surface area contributed by atoms with E-state index in [9.17, 15) is 13.9 Å². The summed E-state index contributed by atoms with van der Waals surface area (Å²) in [6.07, 6.45) is -1.31. The summed E-state index contributed by atoms with van der Waals surface area (Å²) in [5.41, 5.74) is 2.18. The molecule has 1 atom stereocenters. The van der Waals surface area contributed by atoms with Gasteiger partial charge < -0.3 is 5.11 Å². The molecule has 0 heterocycles. The first kappa shape index (κ1) is 14.2. The molecule has 1 unspecified atom stereocenters. The van der Waals surface area contributed by atoms with Gasteiger partial charge in [0.2, 0.25) is 0 Å². The van der Waals surface area contributed by atoms with E-state index in [1.807, 2.05) is 19.9 Å². The molecule has 1 nitrogen and oxygen atoms in total. The maximum Gasteiger partial charge on any atom is 0.133 e. The van der Waals surface area contributed by atoms with Crippen LogP contribution in [-0.2, 0) is 0 Å². The summed E-state index contributed by atoms with van der Waals surface area (Å²) < 4.78 is 27.9. The largest absolute Gasteiger partial charge is 0.383 e. The molecule has 100 valence electrons. The third-order valence-corrected chi connectivity index (χ3v) is 3.62. The molecule has 0 aliphatic heterocycles. The predicted molar refractivity (Wildman–Crippen MR) is 74.0 cm³/mol. The van der Waals surface area contributed by atoms with Gasteiger partial charge in [-0.05, 0) is 42.7 Å². The van der Waals surface area contributed by atoms with Gasteiger partial charge in [0.1, 0.15) is 17.7 Å². The van der Waals surface area contributed by atoms with Crippen molar-refractivity contribution in [2.45, 2.75) is 20.0 Å². The van der Waals surface area contributed by atoms with Crippen molar-refractivity contribution < 1.29 is 13.9 Å². The van der Waals surface area contributed by atoms with Crippen LogP contribution in [0.1, 0.15) is 28.4 Å². The Morgan fingerprint density at radius 1 is 1.00 bits per heavy atom. The quantitative estimate of drug-likeness (QED) is 0.865. The molecule has 4 heteroatoms. The number of hydrogen-bond donors (Lipinski definition) is 1. The highest BCUT2D eigenvalue weighted by molar-refractivity contribution is 9.10. The third-order valence-electron chi connectivity index (χ3n) is 3.16. The van der Waals surface area contributed by atoms with Gasteiger partial charge in [0.15, 0.2) is 0 Å². The highest BCUT2D eigenvalue weighted by Crippen LogP contribution is 2.30. The van der Waals surface area contributed by atoms with Crippen LogP contribution in [0, 0.1) is 25.5 Å². The Bertz CT molecular complexity index is 603. The van der Waals surface area contributed by atoms with Crippen molar-refractivity contribution in [1.82, 2.24) is 0 Å². The van der Waals surface area contributed by atoms with Gasteiger partial charge in [-0.15, -0.1) is 0 Å². The standard InChI is InChI=1S/C15H13BrF2O/c1-8-3-4-10(5-9(8)2)15(19)14-12(17)6-11(16)7-13(14)18/h3-7,15,19H,1-2H3. The Balaban J connectivity index is 2.49. The van der Waals surface area contributed by atoms with E-state index in [1.54, 1.807) is 12.1 Å². The minimum absolute atomic E-state index is 0.304. The van der Waals surface area contributed by atoms with E-state index in [4.69, 9.17) is 0 Å². The number of aryl methyl sites for hydroxylation is 2. The molecule has 0 spiro atoms. The molecule has 2 aromatic rings. The first-order valence-electron chi connectivity index (χ1n) is 5.80. The van der Waals surface area contributed by atoms with E-state index >= 15 is 0 Å². The molecule has 0 amide bonds. The van der Waals surface area contributed by atoms with Crippen LogP contribution in [0.2, 0.25) is 0 Å². The highest BCUT2D eigenvalue weighted by atomic mass is 79.9. The zero-order valence-electron chi connectivity index (χ0n) is 10.5. The van der Waals surface area contributed by atoms with Crippen LogP contribution in [0.4, 0.5) is 8.78 Å². The lowest BCUT2D eigenvalue weighted by molar-refractivity contribution is 0.209. The van der Waals surface area contributed by atoms with E-state index in [-0.39, 0.29) is 5.56 Å². The molecular weight excluding hydrogens is 314 g/mol. The monoisotopic (exact) mass is 326 g/mol. The maximum absolute atomic E-state index is 13.8. The Hall–Kier alpha value is -1.26. The van der Waals surface area contributed by atoms with Crippen molar-refractivity contribution in [2.75, 3.05) is 0 Å². The van der Waals surface area contributed by atoms with E-state index in [0.717, 1.165) is 23.3 Å². The minimum atomic E-state index is -1.31. The molecule has 1 N–H and O–H groups in total. The topological polar surface area (TPSA) is 20.2 Å². The number of benzene rings is 2. The van der Waals surface area contributed by atoms with E-state index < -0.39 is 17.7 Å². The lowest BCUT2D eigenvalue weighted by Gasteiger charge is -2.15. The molecule has 0 saturated heterocycles. The van der Waals surface area contributed by atoms with Gasteiger partial charge in [0.25, 0.3) is 0 Å². The minimum Gasteiger partial charge on any atom is -0.383 e. The summed E-state index contributed by atoms with van der Waals surface area (Å²) in [4.78, 5) is 0. The zero-order valence-corrected chi connectivity index (χ0v) is 12.1. The second kappa shape index (κ2) is 5.39. The fourth-order valence-corrected chi connectivity index (χ4v) is 2.32. The van der Waals surface area contributed by atoms with Crippen molar-refractivity contribution in [3.05, 3.63) is 68.7 Å². The molecular formula is C15H13BrF2O. The maximum atomic E-state index is 13.8. The van der Waals surface area contributed by atoms with Crippen molar-refractivity contribution >= 4 is 15.9 Å². The second-order valence-corrected chi connectivity index (χ2v) is 5.45. The van der Waals surface area contributed by atoms with Crippen molar-refractivity contribution in [1.29, 1.82) is 0 Å². The molecule has 2 rings (SSSR count). The first-order valence-corrected chi connectivity index (χ1v) is 6.59. The fraction of sp³-hybridized carbons (Fsp3) is 0.200. The number of halogens is 3. The van der Waals surface area contributed by atoms with Crippen molar-refractivity contribution in [3.63, 3.8) is 0 Å². The number of aliphatic hydroxyl groups excluding tert-OH is 1. The smallest absolute Gasteiger partial charge is 0.133 e. The van der Waals surface area contributed by atoms with E-state index in [1.165, 1.54) is 0 Å². The van der Waals surface area contributed by atoms with Gasteiger partial charge >= 0.3 is 0 Å². The van der Waals surface area contributed by atoms with Crippen molar-refractivity contribution in [2.24, 2.45) is 0 Å². The Morgan fingerprint density at radius 2 is 1.58 bits per heavy atom. The summed E-state index contributed by atoms with van der Waals surface area (Å²) in [6, 6.07) is 7.52. The fourth-order valence-electron chi connectivity index (χ4n) is 1.92. The van der Waals surface area contributed by atoms with Gasteiger partial charge in [0.05, 0.1) is 5.56 Å². The van der Waals surface area contributed by atoms with Crippen LogP contribution < -0.4 is 0 Å². The lowest BCUT2D eigenvalue weighted by atomic mass is 9.97. The van der Waals surface area contributed by atoms with E-state index in [2.05, 4.69) is 15.9 Å². The molecule has 0 bridgehead atoms. The lowest BCUT2D eigenvalue weighted by Crippen LogP contribution is -2.06. The summed E-state index contributed by atoms with van der Waals surface area (Å²) in [5, 5.41) is 10.2. The average Bonchev–Trinajstić information content (AvgIpc) is 2.31. The first-order chi connectivity index (χ1) is 8.90. The van der Waals surface area contributed by atoms with Crippen LogP contribution >= 0.6 is 15.9 Å². The molecule has 19 heavy (non-hydrogen) atoms. The molecule has 0 saturated carbocycles. The van der Waals surface area contributed by atoms with Crippen LogP contribution in [-0.4, -0.2) is 5.11 Å². The Kier molecular flexibility index (Phi) is 4.02. The SMILES string of the molecule is Cc1ccc(C(O)c2c(F)cc(Br)cc2F)cc1C. The average molecular weight is 327 g/mol. The van der Waals surface area contributed by atoms with Gasteiger partial charge in [-0.3, -0.25) is 0 Å². The van der Waals surface area contributed by atoms with Crippen molar-refractivity contribution in [3.8, 4) is 0 Å². The number of aliphatic hydroxyl groups is 1. The molecule has 0 radical (unpaired) electrons. The molecule has 0 aliphatic rings. The summed E-state index contributed by atoms with van der Waals surface area (Å²) in [6.45, 7) is 3.83. The van der Waals surface area contributed by atoms with Crippen LogP contribution in [0.25, 0.3) is 0 Å². The Morgan fingerprint density at radius 3 is 2.11 bits per heavy atom. The summed E-state index contributed by atoms with van der Waals surface area (Å²) in [5.74, 6) is -1.53. The Labute approximate surface area is 119 Å². The zero-order chi connectivity index (χ0) is 14.2. The van der Waals surface area contributed by atoms with Gasteiger partial charge in [-0.2, -0.15) is 0 Å². The van der Waals surface area contributed by atoms with Crippen LogP contribution in [0.5, 0.6) is 0 Å². The van der Waals surface area contributed by atoms with Gasteiger partial charge in [0, 0.05) is 4.47 Å². The second-order valence-electron chi connectivity index (χ2n) is 4.53. The number of hydrogen-bond acceptors (Lipinski definition) is 1. The molecule has 2 aromatic carbocycles. The molecule has 0 fully saturated rings. The molecule has 0 aromatic heterocycles. The predicted octanol–water partition coefficient (Wildman–Crippen LogP) is 4.43. The van der Waals surface area contributed by atoms with Crippen LogP contribution in [0.15, 0.2) is 34.8 Å². The summed E-state index contributed by atoms with van der Waals surface area (Å²) >= 11 is 3.01. The molecule has 0 aliphatic carbocycles. The highest BCUT2D eigenvalue weighted by Gasteiger charge is 2.20.